The van der Waals surface area contributed by atoms with Crippen LogP contribution in [0.25, 0.3) is 10.9 Å². The highest BCUT2D eigenvalue weighted by Gasteiger charge is 2.27. The lowest BCUT2D eigenvalue weighted by molar-refractivity contribution is 0.0106. The van der Waals surface area contributed by atoms with E-state index in [0.717, 1.165) is 59.5 Å². The van der Waals surface area contributed by atoms with E-state index in [2.05, 4.69) is 28.5 Å². The van der Waals surface area contributed by atoms with Crippen LogP contribution in [-0.2, 0) is 22.7 Å². The molecule has 5 rings (SSSR count). The number of piperidine rings is 1. The highest BCUT2D eigenvalue weighted by atomic mass is 16.5. The molecule has 2 heterocycles. The van der Waals surface area contributed by atoms with Crippen LogP contribution in [0.5, 0.6) is 11.5 Å². The van der Waals surface area contributed by atoms with Crippen LogP contribution in [0.1, 0.15) is 35.4 Å². The summed E-state index contributed by atoms with van der Waals surface area (Å²) in [6.07, 6.45) is 1.89. The van der Waals surface area contributed by atoms with Crippen molar-refractivity contribution in [2.75, 3.05) is 33.4 Å². The zero-order valence-electron chi connectivity index (χ0n) is 22.4. The van der Waals surface area contributed by atoms with E-state index in [-0.39, 0.29) is 11.7 Å². The Balaban J connectivity index is 1.09. The topological polar surface area (TPSA) is 81.8 Å². The SMILES string of the molecule is COc1ccccc1COCCCOc1ccc(C2CCNCC2OCc2ccc3ccc(=O)[nH]c3c2)cc1. The van der Waals surface area contributed by atoms with Crippen molar-refractivity contribution in [3.8, 4) is 11.5 Å². The maximum atomic E-state index is 11.7. The van der Waals surface area contributed by atoms with Gasteiger partial charge in [-0.05, 0) is 59.8 Å². The fourth-order valence-corrected chi connectivity index (χ4v) is 5.04. The van der Waals surface area contributed by atoms with E-state index < -0.39 is 0 Å². The van der Waals surface area contributed by atoms with E-state index in [1.807, 2.05) is 54.6 Å². The minimum absolute atomic E-state index is 0.0661. The summed E-state index contributed by atoms with van der Waals surface area (Å²) < 4.78 is 23.5. The molecule has 0 bridgehead atoms. The second-order valence-corrected chi connectivity index (χ2v) is 9.83. The second kappa shape index (κ2) is 13.4. The van der Waals surface area contributed by atoms with Crippen LogP contribution < -0.4 is 20.3 Å². The molecule has 39 heavy (non-hydrogen) atoms. The summed E-state index contributed by atoms with van der Waals surface area (Å²) in [5.74, 6) is 2.02. The van der Waals surface area contributed by atoms with Gasteiger partial charge in [0.15, 0.2) is 0 Å². The maximum Gasteiger partial charge on any atom is 0.248 e. The van der Waals surface area contributed by atoms with Gasteiger partial charge < -0.3 is 29.2 Å². The molecular weight excluding hydrogens is 492 g/mol. The number of hydrogen-bond donors (Lipinski definition) is 2. The van der Waals surface area contributed by atoms with Gasteiger partial charge in [-0.2, -0.15) is 0 Å². The monoisotopic (exact) mass is 528 g/mol. The number of aromatic nitrogens is 1. The molecule has 2 unspecified atom stereocenters. The third kappa shape index (κ3) is 7.26. The maximum absolute atomic E-state index is 11.7. The zero-order chi connectivity index (χ0) is 26.9. The highest BCUT2D eigenvalue weighted by molar-refractivity contribution is 5.78. The first kappa shape index (κ1) is 26.9. The molecule has 0 amide bonds. The van der Waals surface area contributed by atoms with Gasteiger partial charge in [-0.15, -0.1) is 0 Å². The molecule has 7 nitrogen and oxygen atoms in total. The number of benzene rings is 3. The minimum atomic E-state index is -0.0954. The van der Waals surface area contributed by atoms with Crippen LogP contribution >= 0.6 is 0 Å². The van der Waals surface area contributed by atoms with Gasteiger partial charge in [-0.3, -0.25) is 4.79 Å². The van der Waals surface area contributed by atoms with Crippen molar-refractivity contribution >= 4 is 10.9 Å². The van der Waals surface area contributed by atoms with Crippen molar-refractivity contribution in [2.24, 2.45) is 0 Å². The van der Waals surface area contributed by atoms with Crippen LogP contribution in [0.15, 0.2) is 83.7 Å². The summed E-state index contributed by atoms with van der Waals surface area (Å²) in [6.45, 7) is 4.02. The van der Waals surface area contributed by atoms with Crippen LogP contribution in [0.4, 0.5) is 0 Å². The lowest BCUT2D eigenvalue weighted by atomic mass is 9.87. The quantitative estimate of drug-likeness (QED) is 0.247. The van der Waals surface area contributed by atoms with Crippen LogP contribution in [0.3, 0.4) is 0 Å². The van der Waals surface area contributed by atoms with Crippen molar-refractivity contribution < 1.29 is 18.9 Å². The smallest absolute Gasteiger partial charge is 0.248 e. The van der Waals surface area contributed by atoms with Crippen LogP contribution in [0, 0.1) is 0 Å². The van der Waals surface area contributed by atoms with Crippen molar-refractivity contribution in [3.63, 3.8) is 0 Å². The summed E-state index contributed by atoms with van der Waals surface area (Å²) in [5.41, 5.74) is 4.09. The van der Waals surface area contributed by atoms with Gasteiger partial charge >= 0.3 is 0 Å². The summed E-state index contributed by atoms with van der Waals surface area (Å²) >= 11 is 0. The molecule has 3 aromatic carbocycles. The molecule has 7 heteroatoms. The van der Waals surface area contributed by atoms with E-state index >= 15 is 0 Å². The molecule has 1 fully saturated rings. The summed E-state index contributed by atoms with van der Waals surface area (Å²) in [7, 11) is 1.67. The average Bonchev–Trinajstić information content (AvgIpc) is 2.98. The minimum Gasteiger partial charge on any atom is -0.496 e. The average molecular weight is 529 g/mol. The standard InChI is InChI=1S/C32H36N2O5/c1-36-30-6-3-2-5-26(30)22-37-17-4-18-38-27-12-9-24(10-13-27)28-15-16-33-20-31(28)39-21-23-7-8-25-11-14-32(35)34-29(25)19-23/h2-3,5-14,19,28,31,33H,4,15-18,20-22H2,1H3,(H,34,35). The van der Waals surface area contributed by atoms with E-state index in [4.69, 9.17) is 18.9 Å². The molecule has 1 aromatic heterocycles. The molecule has 1 aliphatic rings. The van der Waals surface area contributed by atoms with Crippen LogP contribution in [-0.4, -0.2) is 44.5 Å². The molecule has 0 saturated carbocycles. The van der Waals surface area contributed by atoms with E-state index in [0.29, 0.717) is 32.3 Å². The Morgan fingerprint density at radius 1 is 0.923 bits per heavy atom. The zero-order valence-corrected chi connectivity index (χ0v) is 22.4. The number of ether oxygens (including phenoxy) is 4. The number of rotatable bonds is 12. The fraction of sp³-hybridized carbons (Fsp3) is 0.344. The molecule has 2 N–H and O–H groups in total. The Bertz CT molecular complexity index is 1400. The number of hydrogen-bond acceptors (Lipinski definition) is 6. The Morgan fingerprint density at radius 3 is 2.64 bits per heavy atom. The number of fused-ring (bicyclic) bond motifs is 1. The van der Waals surface area contributed by atoms with Gasteiger partial charge in [0, 0.05) is 36.0 Å². The number of para-hydroxylation sites is 1. The third-order valence-electron chi connectivity index (χ3n) is 7.14. The van der Waals surface area contributed by atoms with Gasteiger partial charge in [0.1, 0.15) is 11.5 Å². The number of H-pyrrole nitrogens is 1. The molecule has 0 spiro atoms. The molecular formula is C32H36N2O5. The van der Waals surface area contributed by atoms with E-state index in [1.54, 1.807) is 13.2 Å². The van der Waals surface area contributed by atoms with Crippen molar-refractivity contribution in [3.05, 3.63) is 106 Å². The molecule has 4 aromatic rings. The summed E-state index contributed by atoms with van der Waals surface area (Å²) in [5, 5.41) is 4.48. The first-order chi connectivity index (χ1) is 19.2. The molecule has 0 radical (unpaired) electrons. The summed E-state index contributed by atoms with van der Waals surface area (Å²) in [4.78, 5) is 14.6. The molecule has 0 aliphatic carbocycles. The molecule has 2 atom stereocenters. The predicted molar refractivity (Wildman–Crippen MR) is 153 cm³/mol. The number of pyridine rings is 1. The molecule has 1 aliphatic heterocycles. The predicted octanol–water partition coefficient (Wildman–Crippen LogP) is 5.18. The Labute approximate surface area is 229 Å². The lowest BCUT2D eigenvalue weighted by Gasteiger charge is -2.32. The van der Waals surface area contributed by atoms with Crippen molar-refractivity contribution in [1.29, 1.82) is 0 Å². The van der Waals surface area contributed by atoms with Gasteiger partial charge in [-0.25, -0.2) is 0 Å². The first-order valence-corrected chi connectivity index (χ1v) is 13.6. The van der Waals surface area contributed by atoms with Gasteiger partial charge in [0.2, 0.25) is 5.56 Å². The van der Waals surface area contributed by atoms with Crippen molar-refractivity contribution in [2.45, 2.75) is 38.1 Å². The lowest BCUT2D eigenvalue weighted by Crippen LogP contribution is -2.40. The van der Waals surface area contributed by atoms with Crippen LogP contribution in [0.2, 0.25) is 0 Å². The third-order valence-corrected chi connectivity index (χ3v) is 7.14. The number of methoxy groups -OCH3 is 1. The normalized spacial score (nSPS) is 17.3. The van der Waals surface area contributed by atoms with E-state index in [1.165, 1.54) is 5.56 Å². The summed E-state index contributed by atoms with van der Waals surface area (Å²) in [6, 6.07) is 25.8. The molecule has 204 valence electrons. The van der Waals surface area contributed by atoms with Gasteiger partial charge in [-0.1, -0.05) is 42.5 Å². The Kier molecular flexibility index (Phi) is 9.27. The molecule has 1 saturated heterocycles. The van der Waals surface area contributed by atoms with E-state index in [9.17, 15) is 4.79 Å². The van der Waals surface area contributed by atoms with Gasteiger partial charge in [0.05, 0.1) is 39.6 Å². The fourth-order valence-electron chi connectivity index (χ4n) is 5.04. The Hall–Kier alpha value is -3.65. The number of nitrogens with one attached hydrogen (secondary N) is 2. The largest absolute Gasteiger partial charge is 0.496 e. The second-order valence-electron chi connectivity index (χ2n) is 9.83. The first-order valence-electron chi connectivity index (χ1n) is 13.6. The Morgan fingerprint density at radius 2 is 1.77 bits per heavy atom. The van der Waals surface area contributed by atoms with Gasteiger partial charge in [0.25, 0.3) is 0 Å². The highest BCUT2D eigenvalue weighted by Crippen LogP contribution is 2.30. The van der Waals surface area contributed by atoms with Crippen molar-refractivity contribution in [1.82, 2.24) is 10.3 Å². The number of aromatic amines is 1.